The van der Waals surface area contributed by atoms with Gasteiger partial charge in [0.2, 0.25) is 0 Å². The van der Waals surface area contributed by atoms with Crippen LogP contribution in [0.25, 0.3) is 0 Å². The van der Waals surface area contributed by atoms with Crippen molar-refractivity contribution < 1.29 is 4.42 Å². The van der Waals surface area contributed by atoms with E-state index in [1.165, 1.54) is 6.42 Å². The summed E-state index contributed by atoms with van der Waals surface area (Å²) in [6, 6.07) is 7.85. The number of nitrogens with zero attached hydrogens (tertiary/aromatic N) is 1. The largest absolute Gasteiger partial charge is 0.445 e. The molecule has 0 unspecified atom stereocenters. The number of nitrogens with one attached hydrogen (secondary N) is 1. The van der Waals surface area contributed by atoms with Gasteiger partial charge in [-0.3, -0.25) is 0 Å². The molecule has 19 heavy (non-hydrogen) atoms. The maximum atomic E-state index is 6.16. The van der Waals surface area contributed by atoms with Crippen LogP contribution in [0.2, 0.25) is 5.02 Å². The van der Waals surface area contributed by atoms with Crippen molar-refractivity contribution in [3.63, 3.8) is 0 Å². The van der Waals surface area contributed by atoms with Crippen LogP contribution in [0, 0.1) is 0 Å². The minimum Gasteiger partial charge on any atom is -0.445 e. The van der Waals surface area contributed by atoms with Crippen LogP contribution in [0.15, 0.2) is 34.9 Å². The molecule has 1 aliphatic heterocycles. The lowest BCUT2D eigenvalue weighted by molar-refractivity contribution is 0.365. The van der Waals surface area contributed by atoms with Crippen LogP contribution in [-0.4, -0.2) is 18.1 Å². The van der Waals surface area contributed by atoms with E-state index in [-0.39, 0.29) is 0 Å². The van der Waals surface area contributed by atoms with Crippen molar-refractivity contribution in [2.45, 2.75) is 25.2 Å². The maximum absolute atomic E-state index is 6.16. The van der Waals surface area contributed by atoms with Gasteiger partial charge >= 0.3 is 0 Å². The van der Waals surface area contributed by atoms with Gasteiger partial charge in [-0.25, -0.2) is 4.98 Å². The summed E-state index contributed by atoms with van der Waals surface area (Å²) in [5.74, 6) is 2.15. The summed E-state index contributed by atoms with van der Waals surface area (Å²) in [5, 5.41) is 4.16. The minimum atomic E-state index is 0.411. The molecule has 3 rings (SSSR count). The van der Waals surface area contributed by atoms with Gasteiger partial charge in [0, 0.05) is 23.9 Å². The van der Waals surface area contributed by atoms with Crippen LogP contribution in [0.3, 0.4) is 0 Å². The molecule has 0 amide bonds. The standard InChI is InChI=1S/C15H17ClN2O/c16-14-6-2-1-4-11(14)8-13-10-18-15(19-13)12-5-3-7-17-9-12/h1-2,4,6,10,12,17H,3,5,7-9H2/t12-/m1/s1. The van der Waals surface area contributed by atoms with Gasteiger partial charge in [0.25, 0.3) is 0 Å². The average Bonchev–Trinajstić information content (AvgIpc) is 2.91. The average molecular weight is 277 g/mol. The molecule has 0 bridgehead atoms. The highest BCUT2D eigenvalue weighted by Crippen LogP contribution is 2.25. The monoisotopic (exact) mass is 276 g/mol. The van der Waals surface area contributed by atoms with Crippen molar-refractivity contribution >= 4 is 11.6 Å². The van der Waals surface area contributed by atoms with Crippen molar-refractivity contribution in [1.29, 1.82) is 0 Å². The summed E-state index contributed by atoms with van der Waals surface area (Å²) in [4.78, 5) is 4.42. The summed E-state index contributed by atoms with van der Waals surface area (Å²) in [7, 11) is 0. The molecule has 0 radical (unpaired) electrons. The lowest BCUT2D eigenvalue weighted by Gasteiger charge is -2.19. The van der Waals surface area contributed by atoms with Gasteiger partial charge in [-0.1, -0.05) is 29.8 Å². The van der Waals surface area contributed by atoms with Crippen LogP contribution in [0.1, 0.15) is 36.0 Å². The Labute approximate surface area is 118 Å². The molecule has 1 atom stereocenters. The molecule has 100 valence electrons. The third-order valence-corrected chi connectivity index (χ3v) is 3.91. The fourth-order valence-electron chi connectivity index (χ4n) is 2.49. The predicted molar refractivity (Wildman–Crippen MR) is 75.6 cm³/mol. The zero-order valence-electron chi connectivity index (χ0n) is 10.7. The number of oxazole rings is 1. The highest BCUT2D eigenvalue weighted by atomic mass is 35.5. The van der Waals surface area contributed by atoms with Crippen molar-refractivity contribution in [2.75, 3.05) is 13.1 Å². The van der Waals surface area contributed by atoms with Crippen molar-refractivity contribution in [1.82, 2.24) is 10.3 Å². The zero-order chi connectivity index (χ0) is 13.1. The summed E-state index contributed by atoms with van der Waals surface area (Å²) in [5.41, 5.74) is 1.08. The number of benzene rings is 1. The van der Waals surface area contributed by atoms with E-state index in [1.54, 1.807) is 0 Å². The van der Waals surface area contributed by atoms with Gasteiger partial charge in [-0.05, 0) is 31.0 Å². The van der Waals surface area contributed by atoms with Crippen molar-refractivity contribution in [3.8, 4) is 0 Å². The van der Waals surface area contributed by atoms with Crippen LogP contribution in [-0.2, 0) is 6.42 Å². The van der Waals surface area contributed by atoms with Crippen LogP contribution in [0.4, 0.5) is 0 Å². The lowest BCUT2D eigenvalue weighted by Crippen LogP contribution is -2.28. The van der Waals surface area contributed by atoms with Gasteiger partial charge in [0.1, 0.15) is 5.76 Å². The summed E-state index contributed by atoms with van der Waals surface area (Å²) in [6.07, 6.45) is 4.87. The Kier molecular flexibility index (Phi) is 3.85. The van der Waals surface area contributed by atoms with E-state index in [0.717, 1.165) is 41.7 Å². The first-order valence-corrected chi connectivity index (χ1v) is 7.09. The molecular weight excluding hydrogens is 260 g/mol. The first-order valence-electron chi connectivity index (χ1n) is 6.71. The summed E-state index contributed by atoms with van der Waals surface area (Å²) >= 11 is 6.16. The molecule has 2 aromatic rings. The van der Waals surface area contributed by atoms with E-state index in [1.807, 2.05) is 30.5 Å². The summed E-state index contributed by atoms with van der Waals surface area (Å²) in [6.45, 7) is 2.07. The van der Waals surface area contributed by atoms with Gasteiger partial charge in [0.05, 0.1) is 6.20 Å². The first-order chi connectivity index (χ1) is 9.33. The van der Waals surface area contributed by atoms with E-state index < -0.39 is 0 Å². The van der Waals surface area contributed by atoms with Crippen molar-refractivity contribution in [2.24, 2.45) is 0 Å². The van der Waals surface area contributed by atoms with E-state index in [4.69, 9.17) is 16.0 Å². The van der Waals surface area contributed by atoms with Gasteiger partial charge in [-0.2, -0.15) is 0 Å². The van der Waals surface area contributed by atoms with Gasteiger partial charge in [-0.15, -0.1) is 0 Å². The Bertz CT molecular complexity index is 547. The van der Waals surface area contributed by atoms with Crippen LogP contribution < -0.4 is 5.32 Å². The molecule has 4 heteroatoms. The van der Waals surface area contributed by atoms with Gasteiger partial charge < -0.3 is 9.73 Å². The zero-order valence-corrected chi connectivity index (χ0v) is 11.5. The van der Waals surface area contributed by atoms with Crippen molar-refractivity contribution in [3.05, 3.63) is 52.7 Å². The Hall–Kier alpha value is -1.32. The number of hydrogen-bond acceptors (Lipinski definition) is 3. The molecule has 0 saturated carbocycles. The Morgan fingerprint density at radius 3 is 3.05 bits per heavy atom. The second kappa shape index (κ2) is 5.76. The fraction of sp³-hybridized carbons (Fsp3) is 0.400. The smallest absolute Gasteiger partial charge is 0.198 e. The molecule has 0 spiro atoms. The molecule has 1 N–H and O–H groups in total. The molecular formula is C15H17ClN2O. The fourth-order valence-corrected chi connectivity index (χ4v) is 2.69. The molecule has 1 fully saturated rings. The minimum absolute atomic E-state index is 0.411. The molecule has 1 saturated heterocycles. The summed E-state index contributed by atoms with van der Waals surface area (Å²) < 4.78 is 5.87. The number of hydrogen-bond donors (Lipinski definition) is 1. The van der Waals surface area contributed by atoms with Crippen LogP contribution >= 0.6 is 11.6 Å². The lowest BCUT2D eigenvalue weighted by atomic mass is 10.00. The third kappa shape index (κ3) is 2.99. The topological polar surface area (TPSA) is 38.1 Å². The number of piperidine rings is 1. The maximum Gasteiger partial charge on any atom is 0.198 e. The quantitative estimate of drug-likeness (QED) is 0.934. The normalized spacial score (nSPS) is 19.5. The first kappa shape index (κ1) is 12.7. The SMILES string of the molecule is Clc1ccccc1Cc1cnc([C@@H]2CCCNC2)o1. The molecule has 1 aliphatic rings. The highest BCUT2D eigenvalue weighted by Gasteiger charge is 2.20. The molecule has 2 heterocycles. The van der Waals surface area contributed by atoms with E-state index in [2.05, 4.69) is 10.3 Å². The molecule has 0 aliphatic carbocycles. The van der Waals surface area contributed by atoms with Gasteiger partial charge in [0.15, 0.2) is 5.89 Å². The Morgan fingerprint density at radius 1 is 1.37 bits per heavy atom. The number of rotatable bonds is 3. The number of halogens is 1. The second-order valence-electron chi connectivity index (χ2n) is 4.98. The highest BCUT2D eigenvalue weighted by molar-refractivity contribution is 6.31. The second-order valence-corrected chi connectivity index (χ2v) is 5.38. The van der Waals surface area contributed by atoms with E-state index in [0.29, 0.717) is 12.3 Å². The molecule has 1 aromatic carbocycles. The third-order valence-electron chi connectivity index (χ3n) is 3.54. The van der Waals surface area contributed by atoms with Crippen LogP contribution in [0.5, 0.6) is 0 Å². The van der Waals surface area contributed by atoms with E-state index in [9.17, 15) is 0 Å². The number of aromatic nitrogens is 1. The Balaban J connectivity index is 1.73. The predicted octanol–water partition coefficient (Wildman–Crippen LogP) is 3.39. The molecule has 1 aromatic heterocycles. The van der Waals surface area contributed by atoms with E-state index >= 15 is 0 Å². The molecule has 3 nitrogen and oxygen atoms in total. The Morgan fingerprint density at radius 2 is 2.26 bits per heavy atom.